The molecule has 12 heteroatoms. The summed E-state index contributed by atoms with van der Waals surface area (Å²) in [5.74, 6) is -5.26. The van der Waals surface area contributed by atoms with E-state index in [2.05, 4.69) is 15.6 Å². The normalized spacial score (nSPS) is 14.4. The largest absolute Gasteiger partial charge is 0.481 e. The van der Waals surface area contributed by atoms with Gasteiger partial charge in [0.1, 0.15) is 12.1 Å². The van der Waals surface area contributed by atoms with Gasteiger partial charge in [-0.25, -0.2) is 4.79 Å². The first-order valence-corrected chi connectivity index (χ1v) is 11.2. The molecule has 12 nitrogen and oxygen atoms in total. The summed E-state index contributed by atoms with van der Waals surface area (Å²) in [6.07, 6.45) is 1.76. The summed E-state index contributed by atoms with van der Waals surface area (Å²) in [6.45, 7) is 2.99. The van der Waals surface area contributed by atoms with E-state index in [9.17, 15) is 24.0 Å². The molecule has 0 radical (unpaired) electrons. The van der Waals surface area contributed by atoms with Gasteiger partial charge in [0.2, 0.25) is 17.7 Å². The minimum atomic E-state index is -1.63. The predicted octanol–water partition coefficient (Wildman–Crippen LogP) is -0.271. The minimum absolute atomic E-state index is 0.243. The summed E-state index contributed by atoms with van der Waals surface area (Å²) in [7, 11) is 0. The maximum atomic E-state index is 12.8. The van der Waals surface area contributed by atoms with Gasteiger partial charge in [-0.3, -0.25) is 19.2 Å². The van der Waals surface area contributed by atoms with Crippen LogP contribution in [0.2, 0.25) is 0 Å². The second-order valence-corrected chi connectivity index (χ2v) is 8.32. The molecule has 0 saturated heterocycles. The third kappa shape index (κ3) is 7.81. The van der Waals surface area contributed by atoms with Crippen LogP contribution in [-0.4, -0.2) is 69.5 Å². The number of carboxylic acids is 2. The van der Waals surface area contributed by atoms with Crippen molar-refractivity contribution in [1.29, 1.82) is 0 Å². The molecule has 0 fully saturated rings. The molecule has 35 heavy (non-hydrogen) atoms. The highest BCUT2D eigenvalue weighted by molar-refractivity contribution is 5.93. The van der Waals surface area contributed by atoms with Crippen molar-refractivity contribution in [3.8, 4) is 0 Å². The molecule has 2 rings (SSSR count). The predicted molar refractivity (Wildman–Crippen MR) is 126 cm³/mol. The fourth-order valence-electron chi connectivity index (χ4n) is 3.49. The van der Waals surface area contributed by atoms with Crippen molar-refractivity contribution >= 4 is 40.6 Å². The topological polar surface area (TPSA) is 204 Å². The maximum Gasteiger partial charge on any atom is 0.326 e. The molecule has 4 unspecified atom stereocenters. The molecule has 0 aliphatic carbocycles. The van der Waals surface area contributed by atoms with E-state index in [1.807, 2.05) is 36.5 Å². The average molecular weight is 490 g/mol. The van der Waals surface area contributed by atoms with Crippen LogP contribution >= 0.6 is 0 Å². The number of aromatic amines is 1. The Kier molecular flexibility index (Phi) is 9.76. The zero-order chi connectivity index (χ0) is 26.1. The van der Waals surface area contributed by atoms with Crippen molar-refractivity contribution in [3.05, 3.63) is 36.0 Å². The lowest BCUT2D eigenvalue weighted by Gasteiger charge is -2.25. The van der Waals surface area contributed by atoms with Crippen LogP contribution in [0.1, 0.15) is 32.3 Å². The fraction of sp³-hybridized carbons (Fsp3) is 0.435. The standard InChI is InChI=1S/C23H31N5O7/c1-3-12(2)20(22(33)26-11-18(29)27-17(23(34)35)9-19(30)31)28-21(32)15(24)8-13-10-25-16-7-5-4-6-14(13)16/h4-7,10,12,15,17,20,25H,3,8-9,11,24H2,1-2H3,(H,26,33)(H,27,29)(H,28,32)(H,30,31)(H,34,35). The number of rotatable bonds is 13. The van der Waals surface area contributed by atoms with Crippen molar-refractivity contribution in [3.63, 3.8) is 0 Å². The Morgan fingerprint density at radius 3 is 2.37 bits per heavy atom. The minimum Gasteiger partial charge on any atom is -0.481 e. The van der Waals surface area contributed by atoms with Crippen molar-refractivity contribution < 1.29 is 34.2 Å². The number of hydrogen-bond donors (Lipinski definition) is 7. The van der Waals surface area contributed by atoms with Crippen LogP contribution in [0.3, 0.4) is 0 Å². The average Bonchev–Trinajstić information content (AvgIpc) is 3.22. The van der Waals surface area contributed by atoms with Crippen molar-refractivity contribution in [2.24, 2.45) is 11.7 Å². The number of amides is 3. The van der Waals surface area contributed by atoms with Crippen LogP contribution in [0.25, 0.3) is 10.9 Å². The number of H-pyrrole nitrogens is 1. The molecule has 4 atom stereocenters. The lowest BCUT2D eigenvalue weighted by Crippen LogP contribution is -2.56. The highest BCUT2D eigenvalue weighted by atomic mass is 16.4. The number of fused-ring (bicyclic) bond motifs is 1. The molecule has 8 N–H and O–H groups in total. The summed E-state index contributed by atoms with van der Waals surface area (Å²) < 4.78 is 0. The quantitative estimate of drug-likeness (QED) is 0.199. The van der Waals surface area contributed by atoms with Crippen LogP contribution in [0.15, 0.2) is 30.5 Å². The zero-order valence-electron chi connectivity index (χ0n) is 19.5. The third-order valence-electron chi connectivity index (χ3n) is 5.68. The van der Waals surface area contributed by atoms with Gasteiger partial charge in [-0.2, -0.15) is 0 Å². The fourth-order valence-corrected chi connectivity index (χ4v) is 3.49. The lowest BCUT2D eigenvalue weighted by atomic mass is 9.97. The van der Waals surface area contributed by atoms with Crippen LogP contribution in [0, 0.1) is 5.92 Å². The summed E-state index contributed by atoms with van der Waals surface area (Å²) in [5.41, 5.74) is 7.88. The van der Waals surface area contributed by atoms with Crippen LogP contribution in [0.4, 0.5) is 0 Å². The van der Waals surface area contributed by atoms with Gasteiger partial charge < -0.3 is 36.9 Å². The number of nitrogens with two attached hydrogens (primary N) is 1. The molecule has 2 aromatic rings. The van der Waals surface area contributed by atoms with Gasteiger partial charge >= 0.3 is 11.9 Å². The van der Waals surface area contributed by atoms with Gasteiger partial charge in [-0.15, -0.1) is 0 Å². The molecule has 1 aromatic heterocycles. The summed E-state index contributed by atoms with van der Waals surface area (Å²) in [5, 5.41) is 25.8. The second kappa shape index (κ2) is 12.5. The van der Waals surface area contributed by atoms with Gasteiger partial charge in [-0.1, -0.05) is 38.5 Å². The van der Waals surface area contributed by atoms with E-state index < -0.39 is 60.8 Å². The highest BCUT2D eigenvalue weighted by Crippen LogP contribution is 2.19. The number of para-hydroxylation sites is 1. The Morgan fingerprint density at radius 2 is 1.74 bits per heavy atom. The van der Waals surface area contributed by atoms with E-state index in [0.29, 0.717) is 6.42 Å². The van der Waals surface area contributed by atoms with Crippen molar-refractivity contribution in [2.75, 3.05) is 6.54 Å². The number of carbonyl (C=O) groups excluding carboxylic acids is 3. The first-order valence-electron chi connectivity index (χ1n) is 11.2. The van der Waals surface area contributed by atoms with E-state index in [1.165, 1.54) is 0 Å². The van der Waals surface area contributed by atoms with E-state index in [1.54, 1.807) is 13.1 Å². The number of carboxylic acid groups (broad SMARTS) is 2. The molecular formula is C23H31N5O7. The second-order valence-electron chi connectivity index (χ2n) is 8.32. The molecule has 0 aliphatic rings. The Balaban J connectivity index is 1.97. The Hall–Kier alpha value is -3.93. The van der Waals surface area contributed by atoms with Gasteiger partial charge in [0, 0.05) is 17.1 Å². The van der Waals surface area contributed by atoms with Crippen molar-refractivity contribution in [2.45, 2.75) is 51.2 Å². The van der Waals surface area contributed by atoms with Gasteiger partial charge in [-0.05, 0) is 24.0 Å². The lowest BCUT2D eigenvalue weighted by molar-refractivity contribution is -0.147. The van der Waals surface area contributed by atoms with Crippen LogP contribution in [-0.2, 0) is 30.4 Å². The zero-order valence-corrected chi connectivity index (χ0v) is 19.5. The number of nitrogens with one attached hydrogen (secondary N) is 4. The number of carbonyl (C=O) groups is 5. The molecule has 190 valence electrons. The van der Waals surface area contributed by atoms with Crippen molar-refractivity contribution in [1.82, 2.24) is 20.9 Å². The molecule has 3 amide bonds. The molecular weight excluding hydrogens is 458 g/mol. The maximum absolute atomic E-state index is 12.8. The van der Waals surface area contributed by atoms with Gasteiger partial charge in [0.25, 0.3) is 0 Å². The smallest absolute Gasteiger partial charge is 0.326 e. The Labute approximate surface area is 201 Å². The molecule has 0 aliphatic heterocycles. The molecule has 0 bridgehead atoms. The molecule has 0 spiro atoms. The van der Waals surface area contributed by atoms with E-state index in [0.717, 1.165) is 16.5 Å². The first-order chi connectivity index (χ1) is 16.5. The summed E-state index contributed by atoms with van der Waals surface area (Å²) in [4.78, 5) is 62.5. The number of aliphatic carboxylic acids is 2. The van der Waals surface area contributed by atoms with Crippen LogP contribution < -0.4 is 21.7 Å². The monoisotopic (exact) mass is 489 g/mol. The summed E-state index contributed by atoms with van der Waals surface area (Å²) >= 11 is 0. The van der Waals surface area contributed by atoms with E-state index in [-0.39, 0.29) is 12.3 Å². The highest BCUT2D eigenvalue weighted by Gasteiger charge is 2.29. The Morgan fingerprint density at radius 1 is 1.06 bits per heavy atom. The molecule has 1 heterocycles. The van der Waals surface area contributed by atoms with E-state index in [4.69, 9.17) is 15.9 Å². The van der Waals surface area contributed by atoms with E-state index >= 15 is 0 Å². The van der Waals surface area contributed by atoms with Gasteiger partial charge in [0.15, 0.2) is 0 Å². The Bertz CT molecular complexity index is 1080. The SMILES string of the molecule is CCC(C)C(NC(=O)C(N)Cc1c[nH]c2ccccc12)C(=O)NCC(=O)NC(CC(=O)O)C(=O)O. The summed E-state index contributed by atoms with van der Waals surface area (Å²) in [6, 6.07) is 4.04. The first kappa shape index (κ1) is 27.3. The number of aromatic nitrogens is 1. The van der Waals surface area contributed by atoms with Gasteiger partial charge in [0.05, 0.1) is 19.0 Å². The number of benzene rings is 1. The molecule has 0 saturated carbocycles. The third-order valence-corrected chi connectivity index (χ3v) is 5.68. The number of hydrogen-bond acceptors (Lipinski definition) is 6. The van der Waals surface area contributed by atoms with Crippen LogP contribution in [0.5, 0.6) is 0 Å². The molecule has 1 aromatic carbocycles.